The molecule has 0 aliphatic rings. The number of aryl methyl sites for hydroxylation is 1. The maximum absolute atomic E-state index is 13.3. The van der Waals surface area contributed by atoms with Gasteiger partial charge in [-0.25, -0.2) is 4.68 Å². The average Bonchev–Trinajstić information content (AvgIpc) is 3.12. The van der Waals surface area contributed by atoms with Crippen LogP contribution in [0.1, 0.15) is 11.3 Å². The number of hydrogen-bond donors (Lipinski definition) is 0. The Labute approximate surface area is 172 Å². The number of benzene rings is 2. The van der Waals surface area contributed by atoms with Crippen LogP contribution in [0, 0.1) is 6.92 Å². The lowest BCUT2D eigenvalue weighted by Gasteiger charge is -2.12. The van der Waals surface area contributed by atoms with Gasteiger partial charge in [-0.2, -0.15) is 31.4 Å². The van der Waals surface area contributed by atoms with Gasteiger partial charge in [0.15, 0.2) is 5.69 Å². The number of aromatic nitrogens is 2. The number of nitrogens with zero attached hydrogens (tertiary/aromatic N) is 2. The van der Waals surface area contributed by atoms with Crippen LogP contribution in [0.3, 0.4) is 0 Å². The molecule has 0 N–H and O–H groups in total. The topological polar surface area (TPSA) is 27.1 Å². The zero-order valence-corrected chi connectivity index (χ0v) is 16.6. The predicted molar refractivity (Wildman–Crippen MR) is 102 cm³/mol. The summed E-state index contributed by atoms with van der Waals surface area (Å²) in [6, 6.07) is 11.7. The van der Waals surface area contributed by atoms with E-state index in [1.54, 1.807) is 43.3 Å². The number of alkyl halides is 6. The Kier molecular flexibility index (Phi) is 6.07. The molecule has 2 aromatic carbocycles. The molecule has 0 atom stereocenters. The smallest absolute Gasteiger partial charge is 0.435 e. The first-order chi connectivity index (χ1) is 14.0. The Balaban J connectivity index is 2.09. The Morgan fingerprint density at radius 3 is 2.20 bits per heavy atom. The van der Waals surface area contributed by atoms with Gasteiger partial charge in [0, 0.05) is 10.5 Å². The molecule has 0 radical (unpaired) electrons. The molecule has 0 saturated carbocycles. The Morgan fingerprint density at radius 1 is 0.967 bits per heavy atom. The third-order valence-electron chi connectivity index (χ3n) is 4.19. The van der Waals surface area contributed by atoms with Crippen molar-refractivity contribution in [2.75, 3.05) is 12.9 Å². The van der Waals surface area contributed by atoms with E-state index in [1.165, 1.54) is 13.2 Å². The Morgan fingerprint density at radius 2 is 1.63 bits per heavy atom. The third kappa shape index (κ3) is 5.10. The third-order valence-corrected chi connectivity index (χ3v) is 5.41. The molecule has 0 bridgehead atoms. The molecule has 3 nitrogen and oxygen atoms in total. The van der Waals surface area contributed by atoms with E-state index in [1.807, 2.05) is 0 Å². The molecular weight excluding hydrogens is 430 g/mol. The van der Waals surface area contributed by atoms with E-state index < -0.39 is 23.8 Å². The van der Waals surface area contributed by atoms with E-state index in [4.69, 9.17) is 4.74 Å². The van der Waals surface area contributed by atoms with Crippen LogP contribution < -0.4 is 4.74 Å². The molecule has 3 aromatic rings. The van der Waals surface area contributed by atoms with Crippen molar-refractivity contribution in [1.29, 1.82) is 0 Å². The number of hydrogen-bond acceptors (Lipinski definition) is 3. The van der Waals surface area contributed by atoms with Crippen molar-refractivity contribution < 1.29 is 31.1 Å². The minimum absolute atomic E-state index is 0.112. The van der Waals surface area contributed by atoms with Crippen LogP contribution in [-0.4, -0.2) is 28.8 Å². The lowest BCUT2D eigenvalue weighted by atomic mass is 10.1. The zero-order chi connectivity index (χ0) is 22.1. The van der Waals surface area contributed by atoms with Crippen LogP contribution in [0.25, 0.3) is 16.9 Å². The maximum atomic E-state index is 13.3. The summed E-state index contributed by atoms with van der Waals surface area (Å²) in [6.07, 6.45) is -9.04. The van der Waals surface area contributed by atoms with Crippen LogP contribution in [0.5, 0.6) is 5.75 Å². The fraction of sp³-hybridized carbons (Fsp3) is 0.250. The molecule has 0 amide bonds. The highest BCUT2D eigenvalue weighted by atomic mass is 32.2. The van der Waals surface area contributed by atoms with E-state index in [-0.39, 0.29) is 5.69 Å². The summed E-state index contributed by atoms with van der Waals surface area (Å²) in [5.74, 6) is -0.576. The highest BCUT2D eigenvalue weighted by Gasteiger charge is 2.35. The van der Waals surface area contributed by atoms with Crippen molar-refractivity contribution >= 4 is 11.8 Å². The standard InChI is InChI=1S/C20H16F6N2OS/c1-12-3-4-13(9-17(12)30-11-19(21,22)23)16-10-18(20(24,25)26)27-28(16)14-5-7-15(29-2)8-6-14/h3-10H,11H2,1-2H3. The lowest BCUT2D eigenvalue weighted by Crippen LogP contribution is -2.10. The van der Waals surface area contributed by atoms with Crippen LogP contribution in [-0.2, 0) is 6.18 Å². The molecule has 0 aliphatic heterocycles. The number of ether oxygens (including phenoxy) is 1. The van der Waals surface area contributed by atoms with Gasteiger partial charge in [-0.05, 0) is 48.9 Å². The van der Waals surface area contributed by atoms with Gasteiger partial charge in [0.05, 0.1) is 24.2 Å². The monoisotopic (exact) mass is 446 g/mol. The van der Waals surface area contributed by atoms with Crippen LogP contribution in [0.4, 0.5) is 26.3 Å². The molecule has 1 heterocycles. The van der Waals surface area contributed by atoms with E-state index in [9.17, 15) is 26.3 Å². The summed E-state index contributed by atoms with van der Waals surface area (Å²) >= 11 is 0.588. The molecule has 160 valence electrons. The van der Waals surface area contributed by atoms with Crippen molar-refractivity contribution in [1.82, 2.24) is 9.78 Å². The fourth-order valence-electron chi connectivity index (χ4n) is 2.72. The first kappa shape index (κ1) is 22.1. The van der Waals surface area contributed by atoms with Gasteiger partial charge in [0.2, 0.25) is 0 Å². The van der Waals surface area contributed by atoms with E-state index >= 15 is 0 Å². The van der Waals surface area contributed by atoms with Crippen molar-refractivity contribution in [3.8, 4) is 22.7 Å². The summed E-state index contributed by atoms with van der Waals surface area (Å²) in [4.78, 5) is 0.334. The van der Waals surface area contributed by atoms with Crippen molar-refractivity contribution in [3.63, 3.8) is 0 Å². The summed E-state index contributed by atoms with van der Waals surface area (Å²) in [5, 5.41) is 3.68. The molecule has 0 spiro atoms. The Bertz CT molecular complexity index is 1030. The van der Waals surface area contributed by atoms with Gasteiger partial charge < -0.3 is 4.74 Å². The second-order valence-corrected chi connectivity index (χ2v) is 7.42. The molecule has 0 aliphatic carbocycles. The fourth-order valence-corrected chi connectivity index (χ4v) is 3.55. The van der Waals surface area contributed by atoms with Gasteiger partial charge in [-0.1, -0.05) is 12.1 Å². The molecular formula is C20H16F6N2OS. The van der Waals surface area contributed by atoms with E-state index in [0.717, 1.165) is 10.7 Å². The zero-order valence-electron chi connectivity index (χ0n) is 15.8. The highest BCUT2D eigenvalue weighted by molar-refractivity contribution is 7.99. The van der Waals surface area contributed by atoms with Crippen LogP contribution in [0.15, 0.2) is 53.4 Å². The number of halogens is 6. The first-order valence-corrected chi connectivity index (χ1v) is 9.59. The molecule has 0 saturated heterocycles. The van der Waals surface area contributed by atoms with Crippen molar-refractivity contribution in [3.05, 3.63) is 59.8 Å². The quantitative estimate of drug-likeness (QED) is 0.329. The van der Waals surface area contributed by atoms with Crippen molar-refractivity contribution in [2.45, 2.75) is 24.2 Å². The predicted octanol–water partition coefficient (Wildman–Crippen LogP) is 6.53. The van der Waals surface area contributed by atoms with Gasteiger partial charge >= 0.3 is 12.4 Å². The average molecular weight is 446 g/mol. The van der Waals surface area contributed by atoms with E-state index in [0.29, 0.717) is 39.2 Å². The number of rotatable bonds is 5. The van der Waals surface area contributed by atoms with Gasteiger partial charge in [0.25, 0.3) is 0 Å². The minimum atomic E-state index is -4.68. The summed E-state index contributed by atoms with van der Waals surface area (Å²) in [6.45, 7) is 1.64. The normalized spacial score (nSPS) is 12.3. The lowest BCUT2D eigenvalue weighted by molar-refractivity contribution is -0.141. The van der Waals surface area contributed by atoms with Crippen molar-refractivity contribution in [2.24, 2.45) is 0 Å². The van der Waals surface area contributed by atoms with Gasteiger partial charge in [0.1, 0.15) is 5.75 Å². The first-order valence-electron chi connectivity index (χ1n) is 8.60. The second kappa shape index (κ2) is 8.25. The Hall–Kier alpha value is -2.62. The molecule has 1 aromatic heterocycles. The molecule has 30 heavy (non-hydrogen) atoms. The van der Waals surface area contributed by atoms with Gasteiger partial charge in [-0.15, -0.1) is 11.8 Å². The molecule has 3 rings (SSSR count). The van der Waals surface area contributed by atoms with Crippen LogP contribution >= 0.6 is 11.8 Å². The van der Waals surface area contributed by atoms with Crippen LogP contribution in [0.2, 0.25) is 0 Å². The number of methoxy groups -OCH3 is 1. The summed E-state index contributed by atoms with van der Waals surface area (Å²) in [7, 11) is 1.46. The molecule has 0 unspecified atom stereocenters. The highest BCUT2D eigenvalue weighted by Crippen LogP contribution is 2.36. The minimum Gasteiger partial charge on any atom is -0.497 e. The SMILES string of the molecule is COc1ccc(-n2nc(C(F)(F)F)cc2-c2ccc(C)c(SCC(F)(F)F)c2)cc1. The maximum Gasteiger partial charge on any atom is 0.435 e. The largest absolute Gasteiger partial charge is 0.497 e. The number of thioether (sulfide) groups is 1. The summed E-state index contributed by atoms with van der Waals surface area (Å²) < 4.78 is 83.9. The van der Waals surface area contributed by atoms with E-state index in [2.05, 4.69) is 5.10 Å². The molecule has 0 fully saturated rings. The molecule has 10 heteroatoms. The second-order valence-electron chi connectivity index (χ2n) is 6.41. The van der Waals surface area contributed by atoms with Gasteiger partial charge in [-0.3, -0.25) is 0 Å². The summed E-state index contributed by atoms with van der Waals surface area (Å²) in [5.41, 5.74) is 0.287.